The smallest absolute Gasteiger partial charge is 0.118 e. The van der Waals surface area contributed by atoms with Gasteiger partial charge in [0.15, 0.2) is 0 Å². The molecule has 0 radical (unpaired) electrons. The van der Waals surface area contributed by atoms with Gasteiger partial charge in [0.25, 0.3) is 0 Å². The van der Waals surface area contributed by atoms with E-state index in [1.807, 2.05) is 25.3 Å². The number of rotatable bonds is 4. The number of nitrogens with zero attached hydrogens (tertiary/aromatic N) is 1. The summed E-state index contributed by atoms with van der Waals surface area (Å²) in [5, 5.41) is 0. The van der Waals surface area contributed by atoms with Crippen molar-refractivity contribution in [3.63, 3.8) is 0 Å². The van der Waals surface area contributed by atoms with Gasteiger partial charge < -0.3 is 4.42 Å². The highest BCUT2D eigenvalue weighted by atomic mass is 79.9. The van der Waals surface area contributed by atoms with Crippen molar-refractivity contribution in [2.24, 2.45) is 0 Å². The van der Waals surface area contributed by atoms with Crippen molar-refractivity contribution in [3.8, 4) is 0 Å². The maximum Gasteiger partial charge on any atom is 0.118 e. The van der Waals surface area contributed by atoms with Crippen molar-refractivity contribution in [3.05, 3.63) is 53.2 Å². The molecule has 0 bridgehead atoms. The fraction of sp³-hybridized carbons (Fsp3) is 0.357. The van der Waals surface area contributed by atoms with E-state index in [2.05, 4.69) is 40.0 Å². The number of hydrogen-bond acceptors (Lipinski definition) is 2. The van der Waals surface area contributed by atoms with Crippen LogP contribution < -0.4 is 0 Å². The number of hydrogen-bond donors (Lipinski definition) is 0. The maximum atomic E-state index is 5.72. The molecule has 0 saturated heterocycles. The molecule has 0 spiro atoms. The molecule has 2 nitrogen and oxygen atoms in total. The van der Waals surface area contributed by atoms with Crippen molar-refractivity contribution >= 4 is 15.9 Å². The topological polar surface area (TPSA) is 26.0 Å². The summed E-state index contributed by atoms with van der Waals surface area (Å²) in [6.07, 6.45) is 3.67. The van der Waals surface area contributed by atoms with Crippen LogP contribution >= 0.6 is 15.9 Å². The molecule has 0 fully saturated rings. The zero-order valence-electron chi connectivity index (χ0n) is 10.1. The summed E-state index contributed by atoms with van der Waals surface area (Å²) in [6, 6.07) is 8.22. The van der Waals surface area contributed by atoms with Crippen LogP contribution in [0, 0.1) is 6.92 Å². The highest BCUT2D eigenvalue weighted by Crippen LogP contribution is 2.28. The van der Waals surface area contributed by atoms with Crippen LogP contribution in [-0.2, 0) is 12.8 Å². The van der Waals surface area contributed by atoms with Crippen molar-refractivity contribution in [1.82, 2.24) is 4.98 Å². The van der Waals surface area contributed by atoms with Crippen LogP contribution in [0.4, 0.5) is 0 Å². The molecule has 0 aliphatic rings. The van der Waals surface area contributed by atoms with Gasteiger partial charge >= 0.3 is 0 Å². The molecule has 1 unspecified atom stereocenters. The van der Waals surface area contributed by atoms with Crippen LogP contribution in [0.3, 0.4) is 0 Å². The minimum absolute atomic E-state index is 0.193. The van der Waals surface area contributed by atoms with Crippen LogP contribution in [0.15, 0.2) is 34.9 Å². The summed E-state index contributed by atoms with van der Waals surface area (Å²) in [5.41, 5.74) is 2.26. The Morgan fingerprint density at radius 3 is 2.71 bits per heavy atom. The van der Waals surface area contributed by atoms with Gasteiger partial charge in [0.1, 0.15) is 11.5 Å². The van der Waals surface area contributed by atoms with Gasteiger partial charge in [-0.2, -0.15) is 0 Å². The number of aryl methyl sites for hydroxylation is 2. The van der Waals surface area contributed by atoms with E-state index in [9.17, 15) is 0 Å². The lowest BCUT2D eigenvalue weighted by Crippen LogP contribution is -1.96. The second-order valence-electron chi connectivity index (χ2n) is 4.16. The van der Waals surface area contributed by atoms with Crippen LogP contribution in [0.25, 0.3) is 0 Å². The zero-order valence-corrected chi connectivity index (χ0v) is 11.7. The Kier molecular flexibility index (Phi) is 4.00. The van der Waals surface area contributed by atoms with Gasteiger partial charge in [-0.1, -0.05) is 28.9 Å². The van der Waals surface area contributed by atoms with E-state index >= 15 is 0 Å². The molecular formula is C14H16BrNO. The number of halogens is 1. The van der Waals surface area contributed by atoms with E-state index in [4.69, 9.17) is 4.42 Å². The van der Waals surface area contributed by atoms with Gasteiger partial charge in [-0.3, -0.25) is 4.98 Å². The van der Waals surface area contributed by atoms with Crippen molar-refractivity contribution in [1.29, 1.82) is 0 Å². The second kappa shape index (κ2) is 5.50. The van der Waals surface area contributed by atoms with Gasteiger partial charge in [0.05, 0.1) is 4.83 Å². The van der Waals surface area contributed by atoms with Gasteiger partial charge in [-0.25, -0.2) is 0 Å². The summed E-state index contributed by atoms with van der Waals surface area (Å²) >= 11 is 3.65. The lowest BCUT2D eigenvalue weighted by atomic mass is 10.1. The van der Waals surface area contributed by atoms with Crippen LogP contribution in [-0.4, -0.2) is 4.98 Å². The summed E-state index contributed by atoms with van der Waals surface area (Å²) in [6.45, 7) is 4.13. The fourth-order valence-corrected chi connectivity index (χ4v) is 2.23. The summed E-state index contributed by atoms with van der Waals surface area (Å²) in [7, 11) is 0. The van der Waals surface area contributed by atoms with Gasteiger partial charge in [-0.15, -0.1) is 0 Å². The molecule has 17 heavy (non-hydrogen) atoms. The zero-order chi connectivity index (χ0) is 12.3. The molecule has 1 atom stereocenters. The third-order valence-electron chi connectivity index (χ3n) is 2.70. The molecule has 2 heterocycles. The average molecular weight is 294 g/mol. The molecule has 3 heteroatoms. The highest BCUT2D eigenvalue weighted by molar-refractivity contribution is 9.09. The summed E-state index contributed by atoms with van der Waals surface area (Å²) < 4.78 is 5.72. The lowest BCUT2D eigenvalue weighted by Gasteiger charge is -2.06. The van der Waals surface area contributed by atoms with Crippen LogP contribution in [0.5, 0.6) is 0 Å². The highest BCUT2D eigenvalue weighted by Gasteiger charge is 2.13. The molecule has 0 saturated carbocycles. The van der Waals surface area contributed by atoms with Crippen LogP contribution in [0.2, 0.25) is 0 Å². The minimum Gasteiger partial charge on any atom is -0.465 e. The van der Waals surface area contributed by atoms with Gasteiger partial charge in [0.2, 0.25) is 0 Å². The van der Waals surface area contributed by atoms with Gasteiger partial charge in [0, 0.05) is 24.7 Å². The van der Waals surface area contributed by atoms with Crippen LogP contribution in [0.1, 0.15) is 34.5 Å². The molecule has 2 rings (SSSR count). The van der Waals surface area contributed by atoms with Crippen molar-refractivity contribution in [2.45, 2.75) is 31.5 Å². The number of pyridine rings is 1. The first-order chi connectivity index (χ1) is 8.19. The van der Waals surface area contributed by atoms with E-state index in [1.54, 1.807) is 0 Å². The average Bonchev–Trinajstić information content (AvgIpc) is 2.81. The normalized spacial score (nSPS) is 12.6. The summed E-state index contributed by atoms with van der Waals surface area (Å²) in [5.74, 6) is 2.01. The fourth-order valence-electron chi connectivity index (χ4n) is 1.66. The van der Waals surface area contributed by atoms with Gasteiger partial charge in [-0.05, 0) is 30.7 Å². The van der Waals surface area contributed by atoms with Crippen molar-refractivity contribution < 1.29 is 4.42 Å². The Morgan fingerprint density at radius 1 is 1.29 bits per heavy atom. The maximum absolute atomic E-state index is 5.72. The lowest BCUT2D eigenvalue weighted by molar-refractivity contribution is 0.467. The molecule has 0 aliphatic carbocycles. The molecule has 0 N–H and O–H groups in total. The third-order valence-corrected chi connectivity index (χ3v) is 3.48. The standard InChI is InChI=1S/C14H16BrNO/c1-3-12-6-7-14(17-12)13(15)8-11-5-4-10(2)9-16-11/h4-7,9,13H,3,8H2,1-2H3. The molecule has 0 aliphatic heterocycles. The minimum atomic E-state index is 0.193. The van der Waals surface area contributed by atoms with Crippen molar-refractivity contribution in [2.75, 3.05) is 0 Å². The Labute approximate surface area is 110 Å². The van der Waals surface area contributed by atoms with E-state index < -0.39 is 0 Å². The summed E-state index contributed by atoms with van der Waals surface area (Å²) in [4.78, 5) is 4.59. The molecule has 0 amide bonds. The first-order valence-electron chi connectivity index (χ1n) is 5.83. The van der Waals surface area contributed by atoms with E-state index in [0.29, 0.717) is 0 Å². The Balaban J connectivity index is 2.05. The largest absolute Gasteiger partial charge is 0.465 e. The Hall–Kier alpha value is -1.09. The Morgan fingerprint density at radius 2 is 2.12 bits per heavy atom. The monoisotopic (exact) mass is 293 g/mol. The molecule has 0 aromatic carbocycles. The second-order valence-corrected chi connectivity index (χ2v) is 5.26. The number of furan rings is 1. The predicted molar refractivity (Wildman–Crippen MR) is 72.4 cm³/mol. The Bertz CT molecular complexity index is 475. The first kappa shape index (κ1) is 12.4. The molecule has 2 aromatic rings. The first-order valence-corrected chi connectivity index (χ1v) is 6.75. The quantitative estimate of drug-likeness (QED) is 0.789. The van der Waals surface area contributed by atoms with E-state index in [-0.39, 0.29) is 4.83 Å². The predicted octanol–water partition coefficient (Wildman–Crippen LogP) is 4.22. The third kappa shape index (κ3) is 3.19. The number of aromatic nitrogens is 1. The van der Waals surface area contributed by atoms with E-state index in [0.717, 1.165) is 30.1 Å². The molecular weight excluding hydrogens is 278 g/mol. The van der Waals surface area contributed by atoms with E-state index in [1.165, 1.54) is 5.56 Å². The number of alkyl halides is 1. The molecule has 90 valence electrons. The SMILES string of the molecule is CCc1ccc(C(Br)Cc2ccc(C)cn2)o1. The molecule has 2 aromatic heterocycles.